The molecule has 0 amide bonds. The monoisotopic (exact) mass is 324 g/mol. The number of anilines is 1. The van der Waals surface area contributed by atoms with E-state index in [0.29, 0.717) is 22.7 Å². The summed E-state index contributed by atoms with van der Waals surface area (Å²) in [6.45, 7) is 0.952. The molecule has 3 rings (SSSR count). The molecular formula is C18H20N4O2. The SMILES string of the molecule is N#Cc1cccc(C#N)c1NC1CC(N(CC(=O)O)CC2CC2)C1. The number of benzene rings is 1. The number of aliphatic carboxylic acids is 1. The fourth-order valence-electron chi connectivity index (χ4n) is 3.25. The number of carbonyl (C=O) groups is 1. The molecular weight excluding hydrogens is 304 g/mol. The standard InChI is InChI=1S/C18H20N4O2/c19-8-13-2-1-3-14(9-20)18(13)21-15-6-16(7-15)22(11-17(23)24)10-12-4-5-12/h1-3,12,15-16,21H,4-7,10-11H2,(H,23,24). The van der Waals surface area contributed by atoms with Crippen LogP contribution in [0.2, 0.25) is 0 Å². The van der Waals surface area contributed by atoms with E-state index in [2.05, 4.69) is 22.4 Å². The van der Waals surface area contributed by atoms with Gasteiger partial charge in [-0.1, -0.05) is 6.07 Å². The predicted molar refractivity (Wildman–Crippen MR) is 88.2 cm³/mol. The second-order valence-corrected chi connectivity index (χ2v) is 6.68. The van der Waals surface area contributed by atoms with Gasteiger partial charge in [0, 0.05) is 18.6 Å². The third-order valence-corrected chi connectivity index (χ3v) is 4.81. The first-order valence-corrected chi connectivity index (χ1v) is 8.26. The molecule has 0 saturated heterocycles. The topological polar surface area (TPSA) is 100 Å². The number of carboxylic acids is 1. The largest absolute Gasteiger partial charge is 0.480 e. The summed E-state index contributed by atoms with van der Waals surface area (Å²) in [6.07, 6.45) is 4.08. The summed E-state index contributed by atoms with van der Waals surface area (Å²) >= 11 is 0. The first-order chi connectivity index (χ1) is 11.6. The first kappa shape index (κ1) is 16.3. The van der Waals surface area contributed by atoms with Gasteiger partial charge in [0.05, 0.1) is 23.4 Å². The highest BCUT2D eigenvalue weighted by molar-refractivity contribution is 5.69. The molecule has 6 nitrogen and oxygen atoms in total. The molecule has 0 radical (unpaired) electrons. The number of nitrogens with zero attached hydrogens (tertiary/aromatic N) is 3. The number of nitriles is 2. The van der Waals surface area contributed by atoms with Crippen LogP contribution in [-0.2, 0) is 4.79 Å². The Kier molecular flexibility index (Phi) is 4.69. The number of hydrogen-bond donors (Lipinski definition) is 2. The van der Waals surface area contributed by atoms with Gasteiger partial charge in [0.15, 0.2) is 0 Å². The molecule has 124 valence electrons. The lowest BCUT2D eigenvalue weighted by Gasteiger charge is -2.43. The van der Waals surface area contributed by atoms with Gasteiger partial charge in [-0.2, -0.15) is 10.5 Å². The van der Waals surface area contributed by atoms with Crippen molar-refractivity contribution in [2.75, 3.05) is 18.4 Å². The van der Waals surface area contributed by atoms with Crippen molar-refractivity contribution >= 4 is 11.7 Å². The molecule has 2 fully saturated rings. The van der Waals surface area contributed by atoms with Gasteiger partial charge in [0.25, 0.3) is 0 Å². The van der Waals surface area contributed by atoms with Crippen molar-refractivity contribution in [1.29, 1.82) is 10.5 Å². The molecule has 1 aromatic carbocycles. The number of rotatable bonds is 7. The number of para-hydroxylation sites is 1. The summed E-state index contributed by atoms with van der Waals surface area (Å²) in [5, 5.41) is 30.8. The van der Waals surface area contributed by atoms with Crippen LogP contribution in [0, 0.1) is 28.6 Å². The van der Waals surface area contributed by atoms with E-state index >= 15 is 0 Å². The molecule has 2 N–H and O–H groups in total. The minimum Gasteiger partial charge on any atom is -0.480 e. The van der Waals surface area contributed by atoms with Crippen LogP contribution in [0.25, 0.3) is 0 Å². The lowest BCUT2D eigenvalue weighted by molar-refractivity contribution is -0.139. The Morgan fingerprint density at radius 2 is 1.88 bits per heavy atom. The summed E-state index contributed by atoms with van der Waals surface area (Å²) in [5.74, 6) is -0.130. The normalized spacial score (nSPS) is 22.3. The first-order valence-electron chi connectivity index (χ1n) is 8.26. The highest BCUT2D eigenvalue weighted by atomic mass is 16.4. The van der Waals surface area contributed by atoms with Gasteiger partial charge in [-0.05, 0) is 43.7 Å². The van der Waals surface area contributed by atoms with Crippen molar-refractivity contribution in [2.45, 2.75) is 37.8 Å². The maximum atomic E-state index is 11.1. The van der Waals surface area contributed by atoms with Gasteiger partial charge in [0.2, 0.25) is 0 Å². The van der Waals surface area contributed by atoms with Crippen LogP contribution in [0.4, 0.5) is 5.69 Å². The van der Waals surface area contributed by atoms with E-state index in [-0.39, 0.29) is 18.6 Å². The van der Waals surface area contributed by atoms with Gasteiger partial charge in [0.1, 0.15) is 12.1 Å². The zero-order chi connectivity index (χ0) is 17.1. The van der Waals surface area contributed by atoms with Crippen LogP contribution in [-0.4, -0.2) is 41.1 Å². The molecule has 2 saturated carbocycles. The van der Waals surface area contributed by atoms with Crippen LogP contribution in [0.3, 0.4) is 0 Å². The van der Waals surface area contributed by atoms with E-state index in [1.165, 1.54) is 12.8 Å². The third-order valence-electron chi connectivity index (χ3n) is 4.81. The van der Waals surface area contributed by atoms with Crippen molar-refractivity contribution in [3.8, 4) is 12.1 Å². The lowest BCUT2D eigenvalue weighted by Crippen LogP contribution is -2.52. The van der Waals surface area contributed by atoms with E-state index < -0.39 is 5.97 Å². The van der Waals surface area contributed by atoms with Crippen LogP contribution in [0.5, 0.6) is 0 Å². The molecule has 24 heavy (non-hydrogen) atoms. The Bertz CT molecular complexity index is 676. The minimum atomic E-state index is -0.784. The van der Waals surface area contributed by atoms with Crippen molar-refractivity contribution < 1.29 is 9.90 Å². The van der Waals surface area contributed by atoms with Gasteiger partial charge >= 0.3 is 5.97 Å². The number of nitrogens with one attached hydrogen (secondary N) is 1. The molecule has 0 aliphatic heterocycles. The lowest BCUT2D eigenvalue weighted by atomic mass is 9.84. The Labute approximate surface area is 141 Å². The van der Waals surface area contributed by atoms with Crippen LogP contribution in [0.15, 0.2) is 18.2 Å². The number of hydrogen-bond acceptors (Lipinski definition) is 5. The summed E-state index contributed by atoms with van der Waals surface area (Å²) in [5.41, 5.74) is 1.54. The molecule has 2 aliphatic rings. The molecule has 0 heterocycles. The van der Waals surface area contributed by atoms with E-state index in [0.717, 1.165) is 19.4 Å². The fourth-order valence-corrected chi connectivity index (χ4v) is 3.25. The van der Waals surface area contributed by atoms with E-state index in [1.807, 2.05) is 0 Å². The minimum absolute atomic E-state index is 0.0894. The van der Waals surface area contributed by atoms with Crippen molar-refractivity contribution in [3.05, 3.63) is 29.3 Å². The smallest absolute Gasteiger partial charge is 0.317 e. The van der Waals surface area contributed by atoms with Crippen molar-refractivity contribution in [2.24, 2.45) is 5.92 Å². The molecule has 0 bridgehead atoms. The molecule has 2 aliphatic carbocycles. The highest BCUT2D eigenvalue weighted by Crippen LogP contribution is 2.35. The summed E-state index contributed by atoms with van der Waals surface area (Å²) in [4.78, 5) is 13.1. The molecule has 0 unspecified atom stereocenters. The quantitative estimate of drug-likeness (QED) is 0.797. The fraction of sp³-hybridized carbons (Fsp3) is 0.500. The zero-order valence-corrected chi connectivity index (χ0v) is 13.4. The Morgan fingerprint density at radius 1 is 1.25 bits per heavy atom. The highest BCUT2D eigenvalue weighted by Gasteiger charge is 2.37. The summed E-state index contributed by atoms with van der Waals surface area (Å²) in [7, 11) is 0. The Hall–Kier alpha value is -2.57. The average molecular weight is 324 g/mol. The Balaban J connectivity index is 1.61. The van der Waals surface area contributed by atoms with Crippen molar-refractivity contribution in [1.82, 2.24) is 4.90 Å². The summed E-state index contributed by atoms with van der Waals surface area (Å²) in [6, 6.07) is 9.77. The maximum Gasteiger partial charge on any atom is 0.317 e. The average Bonchev–Trinajstić information content (AvgIpc) is 3.33. The van der Waals surface area contributed by atoms with Gasteiger partial charge in [-0.25, -0.2) is 0 Å². The zero-order valence-electron chi connectivity index (χ0n) is 13.4. The molecule has 6 heteroatoms. The number of carboxylic acid groups (broad SMARTS) is 1. The Morgan fingerprint density at radius 3 is 2.38 bits per heavy atom. The van der Waals surface area contributed by atoms with Gasteiger partial charge < -0.3 is 10.4 Å². The van der Waals surface area contributed by atoms with Crippen molar-refractivity contribution in [3.63, 3.8) is 0 Å². The van der Waals surface area contributed by atoms with Crippen LogP contribution in [0.1, 0.15) is 36.8 Å². The molecule has 1 aromatic rings. The second kappa shape index (κ2) is 6.90. The third kappa shape index (κ3) is 3.67. The van der Waals surface area contributed by atoms with E-state index in [1.54, 1.807) is 18.2 Å². The van der Waals surface area contributed by atoms with Gasteiger partial charge in [-0.15, -0.1) is 0 Å². The van der Waals surface area contributed by atoms with E-state index in [4.69, 9.17) is 5.11 Å². The van der Waals surface area contributed by atoms with E-state index in [9.17, 15) is 15.3 Å². The molecule has 0 spiro atoms. The molecule has 0 aromatic heterocycles. The predicted octanol–water partition coefficient (Wildman–Crippen LogP) is 2.17. The molecule has 0 atom stereocenters. The van der Waals surface area contributed by atoms with Crippen LogP contribution >= 0.6 is 0 Å². The maximum absolute atomic E-state index is 11.1. The van der Waals surface area contributed by atoms with Gasteiger partial charge in [-0.3, -0.25) is 9.69 Å². The summed E-state index contributed by atoms with van der Waals surface area (Å²) < 4.78 is 0. The van der Waals surface area contributed by atoms with Crippen LogP contribution < -0.4 is 5.32 Å². The second-order valence-electron chi connectivity index (χ2n) is 6.68.